The first kappa shape index (κ1) is 30.7. The van der Waals surface area contributed by atoms with Crippen LogP contribution < -0.4 is 10.6 Å². The molecule has 0 fully saturated rings. The standard InChI is InChI=1S/C31H36N4O6S/c1-19-17-21(33-28(36)26(31(6,7)38)34-29(37)41-30(3,4)5)13-14-23(19)24-15-16-32-27-25(24)18-20(2)35(27)42(39,40)22-11-9-8-10-12-22/h8-18,26,38H,1-7H3,(H,33,36)(H,34,37)/t26-/m0/s1. The summed E-state index contributed by atoms with van der Waals surface area (Å²) in [6.07, 6.45) is 0.744. The van der Waals surface area contributed by atoms with Gasteiger partial charge >= 0.3 is 6.09 Å². The monoisotopic (exact) mass is 592 g/mol. The fourth-order valence-corrected chi connectivity index (χ4v) is 6.20. The number of nitrogens with zero attached hydrogens (tertiary/aromatic N) is 2. The Bertz CT molecular complexity index is 1750. The van der Waals surface area contributed by atoms with E-state index in [1.807, 2.05) is 19.1 Å². The Balaban J connectivity index is 1.65. The van der Waals surface area contributed by atoms with Crippen molar-refractivity contribution in [3.63, 3.8) is 0 Å². The quantitative estimate of drug-likeness (QED) is 0.269. The molecule has 3 N–H and O–H groups in total. The number of rotatable bonds is 7. The van der Waals surface area contributed by atoms with E-state index < -0.39 is 39.3 Å². The molecule has 0 aliphatic rings. The Hall–Kier alpha value is -4.22. The molecule has 4 rings (SSSR count). The smallest absolute Gasteiger partial charge is 0.408 e. The van der Waals surface area contributed by atoms with Gasteiger partial charge in [0.15, 0.2) is 5.65 Å². The third-order valence-electron chi connectivity index (χ3n) is 6.53. The molecular formula is C31H36N4O6S. The van der Waals surface area contributed by atoms with Crippen LogP contribution in [0.4, 0.5) is 10.5 Å². The number of amides is 2. The Morgan fingerprint density at radius 1 is 0.952 bits per heavy atom. The van der Waals surface area contributed by atoms with Crippen LogP contribution in [0, 0.1) is 13.8 Å². The molecule has 0 spiro atoms. The molecule has 2 amide bonds. The van der Waals surface area contributed by atoms with Gasteiger partial charge in [0, 0.05) is 23.0 Å². The molecule has 2 aromatic carbocycles. The van der Waals surface area contributed by atoms with Crippen LogP contribution in [0.2, 0.25) is 0 Å². The van der Waals surface area contributed by atoms with Gasteiger partial charge in [-0.2, -0.15) is 0 Å². The van der Waals surface area contributed by atoms with Crippen LogP contribution >= 0.6 is 0 Å². The first-order valence-electron chi connectivity index (χ1n) is 13.4. The highest BCUT2D eigenvalue weighted by atomic mass is 32.2. The van der Waals surface area contributed by atoms with Crippen LogP contribution in [-0.4, -0.2) is 51.7 Å². The summed E-state index contributed by atoms with van der Waals surface area (Å²) < 4.78 is 33.5. The molecule has 222 valence electrons. The van der Waals surface area contributed by atoms with E-state index in [4.69, 9.17) is 4.74 Å². The van der Waals surface area contributed by atoms with E-state index in [0.717, 1.165) is 16.7 Å². The van der Waals surface area contributed by atoms with Crippen molar-refractivity contribution in [2.75, 3.05) is 5.32 Å². The maximum absolute atomic E-state index is 13.5. The number of pyridine rings is 1. The number of alkyl carbamates (subject to hydrolysis) is 1. The average Bonchev–Trinajstić information content (AvgIpc) is 3.23. The molecular weight excluding hydrogens is 556 g/mol. The predicted octanol–water partition coefficient (Wildman–Crippen LogP) is 5.16. The lowest BCUT2D eigenvalue weighted by atomic mass is 9.97. The summed E-state index contributed by atoms with van der Waals surface area (Å²) >= 11 is 0. The zero-order valence-corrected chi connectivity index (χ0v) is 25.5. The summed E-state index contributed by atoms with van der Waals surface area (Å²) in [7, 11) is -3.87. The second-order valence-electron chi connectivity index (χ2n) is 11.7. The Labute approximate surface area is 245 Å². The molecule has 0 saturated carbocycles. The number of carbonyl (C=O) groups excluding carboxylic acids is 2. The molecule has 2 heterocycles. The lowest BCUT2D eigenvalue weighted by Crippen LogP contribution is -2.56. The summed E-state index contributed by atoms with van der Waals surface area (Å²) in [6, 6.07) is 15.8. The molecule has 0 saturated heterocycles. The van der Waals surface area contributed by atoms with Gasteiger partial charge in [0.1, 0.15) is 11.6 Å². The van der Waals surface area contributed by atoms with Gasteiger partial charge in [-0.15, -0.1) is 0 Å². The molecule has 4 aromatic rings. The van der Waals surface area contributed by atoms with Crippen LogP contribution in [0.25, 0.3) is 22.2 Å². The molecule has 0 radical (unpaired) electrons. The van der Waals surface area contributed by atoms with Crippen molar-refractivity contribution in [1.82, 2.24) is 14.3 Å². The van der Waals surface area contributed by atoms with Crippen molar-refractivity contribution >= 4 is 38.7 Å². The summed E-state index contributed by atoms with van der Waals surface area (Å²) in [6.45, 7) is 11.5. The van der Waals surface area contributed by atoms with Crippen molar-refractivity contribution in [2.45, 2.75) is 70.6 Å². The number of aromatic nitrogens is 2. The van der Waals surface area contributed by atoms with Crippen molar-refractivity contribution in [3.8, 4) is 11.1 Å². The second kappa shape index (κ2) is 11.2. The third kappa shape index (κ3) is 6.47. The molecule has 1 atom stereocenters. The van der Waals surface area contributed by atoms with Gasteiger partial charge < -0.3 is 20.5 Å². The maximum Gasteiger partial charge on any atom is 0.408 e. The summed E-state index contributed by atoms with van der Waals surface area (Å²) in [5.41, 5.74) is 1.33. The lowest BCUT2D eigenvalue weighted by molar-refractivity contribution is -0.123. The first-order valence-corrected chi connectivity index (χ1v) is 14.8. The van der Waals surface area contributed by atoms with Crippen LogP contribution in [-0.2, 0) is 19.6 Å². The number of aliphatic hydroxyl groups is 1. The van der Waals surface area contributed by atoms with E-state index in [1.165, 1.54) is 17.8 Å². The fourth-order valence-electron chi connectivity index (χ4n) is 4.68. The lowest BCUT2D eigenvalue weighted by Gasteiger charge is -2.30. The number of hydrogen-bond donors (Lipinski definition) is 3. The van der Waals surface area contributed by atoms with E-state index in [2.05, 4.69) is 15.6 Å². The van der Waals surface area contributed by atoms with Crippen molar-refractivity contribution in [1.29, 1.82) is 0 Å². The highest BCUT2D eigenvalue weighted by Gasteiger charge is 2.36. The van der Waals surface area contributed by atoms with Gasteiger partial charge in [0.2, 0.25) is 5.91 Å². The molecule has 42 heavy (non-hydrogen) atoms. The highest BCUT2D eigenvalue weighted by molar-refractivity contribution is 7.90. The van der Waals surface area contributed by atoms with E-state index >= 15 is 0 Å². The number of anilines is 1. The van der Waals surface area contributed by atoms with E-state index in [-0.39, 0.29) is 4.90 Å². The van der Waals surface area contributed by atoms with Crippen LogP contribution in [0.3, 0.4) is 0 Å². The molecule has 2 aromatic heterocycles. The van der Waals surface area contributed by atoms with Gasteiger partial charge in [-0.25, -0.2) is 22.2 Å². The van der Waals surface area contributed by atoms with Gasteiger partial charge in [0.25, 0.3) is 10.0 Å². The molecule has 0 unspecified atom stereocenters. The predicted molar refractivity (Wildman–Crippen MR) is 162 cm³/mol. The summed E-state index contributed by atoms with van der Waals surface area (Å²) in [5, 5.41) is 16.5. The molecule has 10 nitrogen and oxygen atoms in total. The maximum atomic E-state index is 13.5. The van der Waals surface area contributed by atoms with Crippen molar-refractivity contribution in [3.05, 3.63) is 78.1 Å². The fraction of sp³-hybridized carbons (Fsp3) is 0.323. The number of aryl methyl sites for hydroxylation is 2. The minimum absolute atomic E-state index is 0.166. The van der Waals surface area contributed by atoms with Gasteiger partial charge in [-0.3, -0.25) is 4.79 Å². The van der Waals surface area contributed by atoms with Crippen molar-refractivity contribution in [2.24, 2.45) is 0 Å². The number of benzene rings is 2. The van der Waals surface area contributed by atoms with Crippen molar-refractivity contribution < 1.29 is 27.9 Å². The first-order chi connectivity index (χ1) is 19.5. The van der Waals surface area contributed by atoms with Crippen LogP contribution in [0.1, 0.15) is 45.9 Å². The number of carbonyl (C=O) groups is 2. The normalized spacial score (nSPS) is 13.0. The number of ether oxygens (including phenoxy) is 1. The minimum Gasteiger partial charge on any atom is -0.444 e. The van der Waals surface area contributed by atoms with E-state index in [0.29, 0.717) is 22.4 Å². The third-order valence-corrected chi connectivity index (χ3v) is 8.34. The Morgan fingerprint density at radius 3 is 2.21 bits per heavy atom. The van der Waals surface area contributed by atoms with E-state index in [9.17, 15) is 23.1 Å². The van der Waals surface area contributed by atoms with Gasteiger partial charge in [-0.05, 0) is 102 Å². The Kier molecular flexibility index (Phi) is 8.21. The van der Waals surface area contributed by atoms with E-state index in [1.54, 1.807) is 82.4 Å². The van der Waals surface area contributed by atoms with Crippen LogP contribution in [0.5, 0.6) is 0 Å². The largest absolute Gasteiger partial charge is 0.444 e. The van der Waals surface area contributed by atoms with Gasteiger partial charge in [0.05, 0.1) is 10.5 Å². The molecule has 0 aliphatic heterocycles. The molecule has 11 heteroatoms. The van der Waals surface area contributed by atoms with Crippen LogP contribution in [0.15, 0.2) is 71.8 Å². The second-order valence-corrected chi connectivity index (χ2v) is 13.5. The Morgan fingerprint density at radius 2 is 1.62 bits per heavy atom. The minimum atomic E-state index is -3.87. The highest BCUT2D eigenvalue weighted by Crippen LogP contribution is 2.34. The number of hydrogen-bond acceptors (Lipinski definition) is 7. The number of fused-ring (bicyclic) bond motifs is 1. The zero-order chi connectivity index (χ0) is 31.0. The van der Waals surface area contributed by atoms with Gasteiger partial charge in [-0.1, -0.05) is 24.3 Å². The number of nitrogens with one attached hydrogen (secondary N) is 2. The zero-order valence-electron chi connectivity index (χ0n) is 24.7. The SMILES string of the molecule is Cc1cc(NC(=O)[C@H](NC(=O)OC(C)(C)C)C(C)(C)O)ccc1-c1ccnc2c1cc(C)n2S(=O)(=O)c1ccccc1. The average molecular weight is 593 g/mol. The topological polar surface area (TPSA) is 140 Å². The molecule has 0 bridgehead atoms. The summed E-state index contributed by atoms with van der Waals surface area (Å²) in [4.78, 5) is 30.1. The molecule has 0 aliphatic carbocycles. The summed E-state index contributed by atoms with van der Waals surface area (Å²) in [5.74, 6) is -0.620.